The molecule has 2 nitrogen and oxygen atoms in total. The Morgan fingerprint density at radius 3 is 2.46 bits per heavy atom. The van der Waals surface area contributed by atoms with E-state index in [1.54, 1.807) is 0 Å². The number of benzene rings is 3. The Labute approximate surface area is 147 Å². The second-order valence-electron chi connectivity index (χ2n) is 6.40. The lowest BCUT2D eigenvalue weighted by Gasteiger charge is -2.31. The fourth-order valence-electron chi connectivity index (χ4n) is 3.17. The Balaban J connectivity index is 1.66. The van der Waals surface area contributed by atoms with Crippen molar-refractivity contribution in [2.75, 3.05) is 13.1 Å². The highest BCUT2D eigenvalue weighted by Gasteiger charge is 2.24. The number of halogens is 1. The van der Waals surface area contributed by atoms with Crippen molar-refractivity contribution >= 4 is 22.4 Å². The number of fused-ring (bicyclic) bond motifs is 1. The fraction of sp³-hybridized carbons (Fsp3) is 0.238. The molecular formula is C21H20ClNO. The molecule has 1 unspecified atom stereocenters. The van der Waals surface area contributed by atoms with Crippen molar-refractivity contribution in [3.8, 4) is 5.75 Å². The maximum Gasteiger partial charge on any atom is 0.138 e. The molecule has 1 fully saturated rings. The van der Waals surface area contributed by atoms with E-state index in [-0.39, 0.29) is 6.10 Å². The van der Waals surface area contributed by atoms with E-state index in [4.69, 9.17) is 16.3 Å². The molecular weight excluding hydrogens is 318 g/mol. The third-order valence-corrected chi connectivity index (χ3v) is 4.98. The van der Waals surface area contributed by atoms with Gasteiger partial charge in [-0.3, -0.25) is 0 Å². The lowest BCUT2D eigenvalue weighted by atomic mass is 9.91. The number of ether oxygens (including phenoxy) is 1. The van der Waals surface area contributed by atoms with Gasteiger partial charge in [-0.25, -0.2) is 0 Å². The van der Waals surface area contributed by atoms with Gasteiger partial charge in [0.1, 0.15) is 11.9 Å². The van der Waals surface area contributed by atoms with E-state index in [0.717, 1.165) is 25.3 Å². The molecule has 1 saturated heterocycles. The van der Waals surface area contributed by atoms with Crippen LogP contribution in [-0.2, 0) is 0 Å². The van der Waals surface area contributed by atoms with Crippen LogP contribution in [0.25, 0.3) is 10.8 Å². The highest BCUT2D eigenvalue weighted by molar-refractivity contribution is 6.32. The van der Waals surface area contributed by atoms with Gasteiger partial charge < -0.3 is 10.1 Å². The quantitative estimate of drug-likeness (QED) is 0.689. The van der Waals surface area contributed by atoms with Gasteiger partial charge in [0.25, 0.3) is 0 Å². The Morgan fingerprint density at radius 1 is 0.958 bits per heavy atom. The summed E-state index contributed by atoms with van der Waals surface area (Å²) in [5.41, 5.74) is 1.21. The minimum absolute atomic E-state index is 0.0154. The maximum atomic E-state index is 6.33. The molecule has 0 aromatic heterocycles. The van der Waals surface area contributed by atoms with Gasteiger partial charge in [0, 0.05) is 0 Å². The second-order valence-corrected chi connectivity index (χ2v) is 6.81. The molecule has 0 saturated carbocycles. The molecule has 3 aromatic rings. The van der Waals surface area contributed by atoms with Crippen molar-refractivity contribution in [2.24, 2.45) is 5.92 Å². The van der Waals surface area contributed by atoms with Gasteiger partial charge >= 0.3 is 0 Å². The Kier molecular flexibility index (Phi) is 4.42. The van der Waals surface area contributed by atoms with E-state index in [9.17, 15) is 0 Å². The molecule has 1 atom stereocenters. The molecule has 0 bridgehead atoms. The van der Waals surface area contributed by atoms with Crippen LogP contribution in [0.3, 0.4) is 0 Å². The van der Waals surface area contributed by atoms with Crippen molar-refractivity contribution in [2.45, 2.75) is 12.5 Å². The minimum Gasteiger partial charge on any atom is -0.484 e. The van der Waals surface area contributed by atoms with Crippen LogP contribution < -0.4 is 10.1 Å². The van der Waals surface area contributed by atoms with Crippen molar-refractivity contribution in [3.05, 3.63) is 77.3 Å². The lowest BCUT2D eigenvalue weighted by Crippen LogP contribution is -2.43. The predicted octanol–water partition coefficient (Wildman–Crippen LogP) is 5.22. The molecule has 1 heterocycles. The molecule has 24 heavy (non-hydrogen) atoms. The summed E-state index contributed by atoms with van der Waals surface area (Å²) in [6.45, 7) is 2.13. The van der Waals surface area contributed by atoms with Gasteiger partial charge in [-0.15, -0.1) is 0 Å². The van der Waals surface area contributed by atoms with E-state index in [1.807, 2.05) is 24.3 Å². The average molecular weight is 338 g/mol. The van der Waals surface area contributed by atoms with Crippen LogP contribution in [0.1, 0.15) is 18.1 Å². The Morgan fingerprint density at radius 2 is 1.71 bits per heavy atom. The van der Waals surface area contributed by atoms with E-state index >= 15 is 0 Å². The Bertz CT molecular complexity index is 844. The van der Waals surface area contributed by atoms with E-state index in [2.05, 4.69) is 47.8 Å². The first-order valence-corrected chi connectivity index (χ1v) is 8.78. The predicted molar refractivity (Wildman–Crippen MR) is 99.7 cm³/mol. The van der Waals surface area contributed by atoms with E-state index in [1.165, 1.54) is 16.3 Å². The van der Waals surface area contributed by atoms with Gasteiger partial charge in [-0.05, 0) is 60.0 Å². The molecule has 1 N–H and O–H groups in total. The number of hydrogen-bond donors (Lipinski definition) is 1. The monoisotopic (exact) mass is 337 g/mol. The van der Waals surface area contributed by atoms with Gasteiger partial charge in [0.05, 0.1) is 5.02 Å². The number of hydrogen-bond acceptors (Lipinski definition) is 2. The summed E-state index contributed by atoms with van der Waals surface area (Å²) in [6, 6.07) is 22.7. The van der Waals surface area contributed by atoms with Crippen LogP contribution >= 0.6 is 11.6 Å². The lowest BCUT2D eigenvalue weighted by molar-refractivity contribution is 0.149. The largest absolute Gasteiger partial charge is 0.484 e. The molecule has 122 valence electrons. The number of nitrogens with one attached hydrogen (secondary N) is 1. The fourth-order valence-corrected chi connectivity index (χ4v) is 3.35. The molecule has 4 rings (SSSR count). The first-order valence-electron chi connectivity index (χ1n) is 8.40. The summed E-state index contributed by atoms with van der Waals surface area (Å²) < 4.78 is 6.33. The average Bonchev–Trinajstić information content (AvgIpc) is 2.58. The zero-order valence-electron chi connectivity index (χ0n) is 13.4. The van der Waals surface area contributed by atoms with Crippen LogP contribution in [0.5, 0.6) is 5.75 Å². The third kappa shape index (κ3) is 3.26. The van der Waals surface area contributed by atoms with Crippen LogP contribution in [0.4, 0.5) is 0 Å². The summed E-state index contributed by atoms with van der Waals surface area (Å²) in [4.78, 5) is 0. The highest BCUT2D eigenvalue weighted by Crippen LogP contribution is 2.34. The first-order chi connectivity index (χ1) is 11.8. The second kappa shape index (κ2) is 6.84. The normalized spacial score (nSPS) is 15.9. The van der Waals surface area contributed by atoms with Crippen LogP contribution in [0.15, 0.2) is 66.7 Å². The first kappa shape index (κ1) is 15.5. The molecule has 1 aliphatic heterocycles. The molecule has 0 spiro atoms. The molecule has 0 aliphatic carbocycles. The zero-order chi connectivity index (χ0) is 16.4. The summed E-state index contributed by atoms with van der Waals surface area (Å²) in [6.07, 6.45) is 1.01. The molecule has 1 aliphatic rings. The molecule has 0 amide bonds. The summed E-state index contributed by atoms with van der Waals surface area (Å²) in [5, 5.41) is 6.50. The van der Waals surface area contributed by atoms with Crippen molar-refractivity contribution in [1.29, 1.82) is 0 Å². The van der Waals surface area contributed by atoms with Crippen molar-refractivity contribution in [3.63, 3.8) is 0 Å². The van der Waals surface area contributed by atoms with Crippen molar-refractivity contribution in [1.82, 2.24) is 5.32 Å². The van der Waals surface area contributed by atoms with Gasteiger partial charge in [-0.1, -0.05) is 60.1 Å². The summed E-state index contributed by atoms with van der Waals surface area (Å²) in [7, 11) is 0. The van der Waals surface area contributed by atoms with Crippen LogP contribution in [-0.4, -0.2) is 13.1 Å². The van der Waals surface area contributed by atoms with Crippen LogP contribution in [0.2, 0.25) is 5.02 Å². The smallest absolute Gasteiger partial charge is 0.138 e. The topological polar surface area (TPSA) is 21.3 Å². The Hall–Kier alpha value is -2.03. The van der Waals surface area contributed by atoms with Gasteiger partial charge in [0.15, 0.2) is 0 Å². The highest BCUT2D eigenvalue weighted by atomic mass is 35.5. The van der Waals surface area contributed by atoms with E-state index < -0.39 is 0 Å². The van der Waals surface area contributed by atoms with Crippen molar-refractivity contribution < 1.29 is 4.74 Å². The third-order valence-electron chi connectivity index (χ3n) is 4.66. The molecule has 3 aromatic carbocycles. The summed E-state index contributed by atoms with van der Waals surface area (Å²) >= 11 is 6.30. The number of rotatable bonds is 5. The SMILES string of the molecule is Clc1ccccc1OC(CC1CNC1)c1ccc2ccccc2c1. The van der Waals surface area contributed by atoms with Crippen LogP contribution in [0, 0.1) is 5.92 Å². The minimum atomic E-state index is 0.0154. The summed E-state index contributed by atoms with van der Waals surface area (Å²) in [5.74, 6) is 1.41. The maximum absolute atomic E-state index is 6.33. The van der Waals surface area contributed by atoms with Gasteiger partial charge in [-0.2, -0.15) is 0 Å². The molecule has 3 heteroatoms. The standard InChI is InChI=1S/C21H20ClNO/c22-19-7-3-4-8-20(19)24-21(11-15-13-23-14-15)18-10-9-16-5-1-2-6-17(16)12-18/h1-10,12,15,21,23H,11,13-14H2. The van der Waals surface area contributed by atoms with E-state index in [0.29, 0.717) is 10.9 Å². The zero-order valence-corrected chi connectivity index (χ0v) is 14.2. The van der Waals surface area contributed by atoms with Gasteiger partial charge in [0.2, 0.25) is 0 Å². The molecule has 0 radical (unpaired) electrons. The number of para-hydroxylation sites is 1.